The van der Waals surface area contributed by atoms with E-state index in [-0.39, 0.29) is 64.4 Å². The predicted octanol–water partition coefficient (Wildman–Crippen LogP) is 3.97. The van der Waals surface area contributed by atoms with Gasteiger partial charge in [-0.15, -0.1) is 0 Å². The van der Waals surface area contributed by atoms with E-state index in [1.54, 1.807) is 24.3 Å². The number of fused-ring (bicyclic) bond motifs is 3. The number of sulfone groups is 1. The molecule has 2 aliphatic heterocycles. The van der Waals surface area contributed by atoms with Crippen LogP contribution >= 0.6 is 0 Å². The fourth-order valence-corrected chi connectivity index (χ4v) is 11.8. The van der Waals surface area contributed by atoms with E-state index in [1.165, 1.54) is 7.11 Å². The zero-order chi connectivity index (χ0) is 28.8. The fourth-order valence-electron chi connectivity index (χ4n) is 9.83. The zero-order valence-electron chi connectivity index (χ0n) is 24.5. The van der Waals surface area contributed by atoms with Crippen LogP contribution in [0.25, 0.3) is 0 Å². The Morgan fingerprint density at radius 3 is 2.48 bits per heavy atom. The lowest BCUT2D eigenvalue weighted by atomic mass is 9.42. The van der Waals surface area contributed by atoms with Gasteiger partial charge >= 0.3 is 0 Å². The summed E-state index contributed by atoms with van der Waals surface area (Å²) in [7, 11) is -2.36. The van der Waals surface area contributed by atoms with Gasteiger partial charge in [0.05, 0.1) is 28.4 Å². The average Bonchev–Trinajstić information content (AvgIpc) is 3.18. The number of carbonyl (C=O) groups excluding carboxylic acids is 1. The molecule has 6 rings (SSSR count). The molecule has 11 atom stereocenters. The van der Waals surface area contributed by atoms with Gasteiger partial charge < -0.3 is 20.0 Å². The number of amides is 1. The van der Waals surface area contributed by atoms with Gasteiger partial charge in [0.15, 0.2) is 9.84 Å². The first kappa shape index (κ1) is 28.2. The summed E-state index contributed by atoms with van der Waals surface area (Å²) in [5, 5.41) is 18.0. The van der Waals surface area contributed by atoms with E-state index in [2.05, 4.69) is 38.2 Å². The van der Waals surface area contributed by atoms with E-state index < -0.39 is 32.2 Å². The normalized spacial score (nSPS) is 46.9. The SMILES string of the molecule is CON=C1C(S(=O)(=O)c2ccccc2)CC23OC4C(CC2(C)C(C)CCC3C1(C)C)C(O)CC1C(=O)NC(C)C14. The number of benzene rings is 1. The second-order valence-electron chi connectivity index (χ2n) is 14.0. The number of hydrogen-bond acceptors (Lipinski definition) is 7. The molecule has 2 heterocycles. The number of oxime groups is 1. The molecule has 1 amide bonds. The lowest BCUT2D eigenvalue weighted by Crippen LogP contribution is -2.75. The maximum atomic E-state index is 14.4. The molecular formula is C31H44N2O6S. The Balaban J connectivity index is 1.54. The molecule has 1 aromatic rings. The van der Waals surface area contributed by atoms with Crippen LogP contribution in [0.2, 0.25) is 0 Å². The molecule has 9 heteroatoms. The van der Waals surface area contributed by atoms with Crippen molar-refractivity contribution in [2.45, 2.75) is 101 Å². The van der Waals surface area contributed by atoms with Gasteiger partial charge in [0, 0.05) is 29.2 Å². The summed E-state index contributed by atoms with van der Waals surface area (Å²) in [5.41, 5.74) is -1.23. The minimum absolute atomic E-state index is 0.00355. The number of aliphatic hydroxyl groups is 1. The highest BCUT2D eigenvalue weighted by atomic mass is 32.2. The highest BCUT2D eigenvalue weighted by Crippen LogP contribution is 2.69. The van der Waals surface area contributed by atoms with Gasteiger partial charge in [-0.05, 0) is 68.4 Å². The van der Waals surface area contributed by atoms with Gasteiger partial charge in [-0.3, -0.25) is 4.79 Å². The Morgan fingerprint density at radius 2 is 1.80 bits per heavy atom. The summed E-state index contributed by atoms with van der Waals surface area (Å²) in [6.45, 7) is 10.7. The topological polar surface area (TPSA) is 114 Å². The highest BCUT2D eigenvalue weighted by Gasteiger charge is 2.73. The Morgan fingerprint density at radius 1 is 1.10 bits per heavy atom. The van der Waals surface area contributed by atoms with E-state index in [1.807, 2.05) is 13.0 Å². The molecule has 1 aromatic carbocycles. The van der Waals surface area contributed by atoms with E-state index >= 15 is 0 Å². The second-order valence-corrected chi connectivity index (χ2v) is 16.1. The molecule has 40 heavy (non-hydrogen) atoms. The first-order valence-electron chi connectivity index (χ1n) is 14.9. The predicted molar refractivity (Wildman–Crippen MR) is 151 cm³/mol. The van der Waals surface area contributed by atoms with Gasteiger partial charge in [-0.25, -0.2) is 8.42 Å². The van der Waals surface area contributed by atoms with Crippen LogP contribution < -0.4 is 5.32 Å². The third-order valence-corrected chi connectivity index (χ3v) is 14.1. The van der Waals surface area contributed by atoms with Crippen molar-refractivity contribution in [3.63, 3.8) is 0 Å². The Bertz CT molecular complexity index is 1310. The quantitative estimate of drug-likeness (QED) is 0.530. The number of nitrogens with one attached hydrogen (secondary N) is 1. The van der Waals surface area contributed by atoms with Crippen molar-refractivity contribution in [3.05, 3.63) is 30.3 Å². The van der Waals surface area contributed by atoms with Crippen molar-refractivity contribution < 1.29 is 27.9 Å². The van der Waals surface area contributed by atoms with Crippen LogP contribution in [0.4, 0.5) is 0 Å². The summed E-state index contributed by atoms with van der Waals surface area (Å²) in [6.07, 6.45) is 2.37. The van der Waals surface area contributed by atoms with Gasteiger partial charge in [-0.1, -0.05) is 51.0 Å². The molecular weight excluding hydrogens is 528 g/mol. The van der Waals surface area contributed by atoms with Crippen molar-refractivity contribution in [3.8, 4) is 0 Å². The molecule has 3 aliphatic carbocycles. The standard InChI is InChI=1S/C31H44N2O6S/c1-17-12-13-24-29(3,4)27(33-38-6)23(40(36,37)19-10-8-7-9-11-19)16-31(24)30(17,5)15-21-22(34)14-20-25(26(21)39-31)18(2)32-28(20)35/h7-11,17-18,20-26,34H,12-16H2,1-6H3,(H,32,35). The monoisotopic (exact) mass is 572 g/mol. The Kier molecular flexibility index (Phi) is 6.52. The Labute approximate surface area is 238 Å². The number of nitrogens with zero attached hydrogens (tertiary/aromatic N) is 1. The van der Waals surface area contributed by atoms with Crippen LogP contribution in [0.3, 0.4) is 0 Å². The first-order chi connectivity index (χ1) is 18.8. The molecule has 5 fully saturated rings. The summed E-state index contributed by atoms with van der Waals surface area (Å²) in [5.74, 6) is -0.199. The molecule has 0 bridgehead atoms. The molecule has 1 spiro atoms. The second kappa shape index (κ2) is 9.27. The fraction of sp³-hybridized carbons (Fsp3) is 0.742. The smallest absolute Gasteiger partial charge is 0.223 e. The van der Waals surface area contributed by atoms with Crippen molar-refractivity contribution in [2.75, 3.05) is 7.11 Å². The number of carbonyl (C=O) groups is 1. The molecule has 8 nitrogen and oxygen atoms in total. The van der Waals surface area contributed by atoms with E-state index in [0.717, 1.165) is 19.3 Å². The van der Waals surface area contributed by atoms with E-state index in [9.17, 15) is 18.3 Å². The molecule has 3 saturated carbocycles. The molecule has 2 saturated heterocycles. The summed E-state index contributed by atoms with van der Waals surface area (Å²) in [4.78, 5) is 18.5. The summed E-state index contributed by atoms with van der Waals surface area (Å²) >= 11 is 0. The molecule has 0 radical (unpaired) electrons. The molecule has 220 valence electrons. The van der Waals surface area contributed by atoms with Crippen LogP contribution in [0.15, 0.2) is 40.4 Å². The number of rotatable bonds is 3. The van der Waals surface area contributed by atoms with Crippen LogP contribution in [0.5, 0.6) is 0 Å². The number of aliphatic hydroxyl groups excluding tert-OH is 1. The minimum atomic E-state index is -3.84. The number of hydrogen-bond donors (Lipinski definition) is 2. The van der Waals surface area contributed by atoms with Gasteiger partial charge in [-0.2, -0.15) is 0 Å². The third kappa shape index (κ3) is 3.65. The van der Waals surface area contributed by atoms with Crippen LogP contribution in [0, 0.1) is 40.4 Å². The maximum absolute atomic E-state index is 14.4. The van der Waals surface area contributed by atoms with Gasteiger partial charge in [0.1, 0.15) is 12.4 Å². The lowest BCUT2D eigenvalue weighted by Gasteiger charge is -2.70. The summed E-state index contributed by atoms with van der Waals surface area (Å²) in [6, 6.07) is 8.55. The first-order valence-corrected chi connectivity index (χ1v) is 16.4. The Hall–Kier alpha value is -1.97. The van der Waals surface area contributed by atoms with Gasteiger partial charge in [0.25, 0.3) is 0 Å². The molecule has 2 N–H and O–H groups in total. The zero-order valence-corrected chi connectivity index (χ0v) is 25.3. The molecule has 5 aliphatic rings. The average molecular weight is 573 g/mol. The van der Waals surface area contributed by atoms with Crippen molar-refractivity contribution in [2.24, 2.45) is 45.6 Å². The lowest BCUT2D eigenvalue weighted by molar-refractivity contribution is -0.319. The van der Waals surface area contributed by atoms with E-state index in [0.29, 0.717) is 12.1 Å². The minimum Gasteiger partial charge on any atom is -0.399 e. The van der Waals surface area contributed by atoms with E-state index in [4.69, 9.17) is 9.57 Å². The van der Waals surface area contributed by atoms with Crippen LogP contribution in [0.1, 0.15) is 66.7 Å². The maximum Gasteiger partial charge on any atom is 0.223 e. The van der Waals surface area contributed by atoms with Gasteiger partial charge in [0.2, 0.25) is 5.91 Å². The largest absolute Gasteiger partial charge is 0.399 e. The number of ether oxygens (including phenoxy) is 1. The third-order valence-electron chi connectivity index (χ3n) is 12.0. The summed E-state index contributed by atoms with van der Waals surface area (Å²) < 4.78 is 36.3. The highest BCUT2D eigenvalue weighted by molar-refractivity contribution is 7.92. The molecule has 0 aromatic heterocycles. The van der Waals surface area contributed by atoms with Crippen molar-refractivity contribution in [1.29, 1.82) is 0 Å². The molecule has 11 unspecified atom stereocenters. The van der Waals surface area contributed by atoms with Crippen molar-refractivity contribution >= 4 is 21.5 Å². The van der Waals surface area contributed by atoms with Crippen LogP contribution in [-0.4, -0.2) is 61.4 Å². The van der Waals surface area contributed by atoms with Crippen molar-refractivity contribution in [1.82, 2.24) is 5.32 Å². The van der Waals surface area contributed by atoms with Crippen LogP contribution in [-0.2, 0) is 24.2 Å².